The molecule has 38 heteroatoms. The number of ether oxygens (including phenoxy) is 7. The van der Waals surface area contributed by atoms with Crippen molar-refractivity contribution in [2.45, 2.75) is 52.6 Å². The predicted molar refractivity (Wildman–Crippen MR) is 426 cm³/mol. The molecule has 37 nitrogen and oxygen atoms in total. The number of hydrogen-bond donors (Lipinski definition) is 11. The number of carbonyl (C=O) groups excluding carboxylic acids is 9. The highest BCUT2D eigenvalue weighted by Crippen LogP contribution is 2.41. The highest BCUT2D eigenvalue weighted by atomic mass is 19.1. The van der Waals surface area contributed by atoms with E-state index in [0.29, 0.717) is 121 Å². The minimum absolute atomic E-state index is 0.00568. The van der Waals surface area contributed by atoms with Gasteiger partial charge in [-0.15, -0.1) is 0 Å². The lowest BCUT2D eigenvalue weighted by atomic mass is 9.93. The summed E-state index contributed by atoms with van der Waals surface area (Å²) in [5.41, 5.74) is 2.54. The minimum Gasteiger partial charge on any atom is -0.627 e. The van der Waals surface area contributed by atoms with Crippen LogP contribution in [0.4, 0.5) is 33.1 Å². The van der Waals surface area contributed by atoms with Gasteiger partial charge >= 0.3 is 0 Å². The number of halogens is 1. The average Bonchev–Trinajstić information content (AvgIpc) is 1.70. The molecule has 9 amide bonds. The lowest BCUT2D eigenvalue weighted by Gasteiger charge is -2.22. The molecule has 0 fully saturated rings. The first-order chi connectivity index (χ1) is 56.0. The van der Waals surface area contributed by atoms with E-state index in [1.54, 1.807) is 128 Å². The molecule has 7 aromatic heterocycles. The van der Waals surface area contributed by atoms with Gasteiger partial charge in [-0.3, -0.25) is 43.2 Å². The van der Waals surface area contributed by atoms with Gasteiger partial charge in [0, 0.05) is 134 Å². The highest BCUT2D eigenvalue weighted by Gasteiger charge is 2.25. The van der Waals surface area contributed by atoms with Crippen molar-refractivity contribution < 1.29 is 85.8 Å². The van der Waals surface area contributed by atoms with Crippen molar-refractivity contribution in [2.24, 2.45) is 35.2 Å². The van der Waals surface area contributed by atoms with Gasteiger partial charge in [0.25, 0.3) is 35.4 Å². The van der Waals surface area contributed by atoms with Crippen molar-refractivity contribution in [3.05, 3.63) is 184 Å². The van der Waals surface area contributed by atoms with E-state index in [9.17, 15) is 57.4 Å². The van der Waals surface area contributed by atoms with Crippen molar-refractivity contribution in [3.63, 3.8) is 0 Å². The van der Waals surface area contributed by atoms with Gasteiger partial charge in [-0.05, 0) is 117 Å². The molecule has 620 valence electrons. The van der Waals surface area contributed by atoms with E-state index in [2.05, 4.69) is 72.8 Å². The monoisotopic (exact) mass is 1610 g/mol. The van der Waals surface area contributed by atoms with E-state index in [0.717, 1.165) is 0 Å². The molecule has 10 rings (SSSR count). The number of carbonyl (C=O) groups is 9. The van der Waals surface area contributed by atoms with Gasteiger partial charge in [0.1, 0.15) is 52.3 Å². The quantitative estimate of drug-likeness (QED) is 0.0211. The molecule has 10 aromatic rings. The molecule has 117 heavy (non-hydrogen) atoms. The Morgan fingerprint density at radius 1 is 0.504 bits per heavy atom. The summed E-state index contributed by atoms with van der Waals surface area (Å²) >= 11 is 0. The maximum absolute atomic E-state index is 14.2. The van der Waals surface area contributed by atoms with Crippen LogP contribution in [0.3, 0.4) is 0 Å². The lowest BCUT2D eigenvalue weighted by Crippen LogP contribution is -2.33. The summed E-state index contributed by atoms with van der Waals surface area (Å²) in [5.74, 6) is -3.29. The summed E-state index contributed by atoms with van der Waals surface area (Å²) in [5, 5.41) is 35.5. The standard InChI is InChI=1S/C79H94FN19O18/c1-47-36-50(80)37-48(2)68(47)117-61-15-10-49(79(3,4)110)38-55(61)57-42-86-75(106)67-56(57)41-58(90-67)72(103)87-51-11-13-54(14-12-51)116-35-34-115-33-32-114-31-30-113-29-28-112-27-26-111-25-23-81-64(100)16-19-85-76(107)70-93-62(45-98(70)8)91-65(101)17-20-84-74(105)60-40-53(44-97(60)7)89-78(109)71-94-63(46-99(71)9)92-66(102)18-21-83-73(104)59-39-52(43-96(59)6)88-77(108)69-82-22-24-95(69)5/h10-15,22,24,36-46,110H,16-21,23,25-35H2,1-9H3,(H11,81,82,83,84,85,86,87,88,89,90,91,92,93,94,100,101,102,103,104,105,106,107,108,109)/p-1. The van der Waals surface area contributed by atoms with Crippen LogP contribution in [0, 0.1) is 19.7 Å². The third-order valence-electron chi connectivity index (χ3n) is 17.8. The van der Waals surface area contributed by atoms with E-state index in [-0.39, 0.29) is 122 Å². The number of fused-ring (bicyclic) bond motifs is 1. The summed E-state index contributed by atoms with van der Waals surface area (Å²) in [6.07, 6.45) is 10.2. The van der Waals surface area contributed by atoms with E-state index >= 15 is 0 Å². The maximum atomic E-state index is 14.2. The van der Waals surface area contributed by atoms with Crippen LogP contribution < -0.4 is 67.9 Å². The van der Waals surface area contributed by atoms with Crippen molar-refractivity contribution >= 4 is 92.8 Å². The second-order valence-corrected chi connectivity index (χ2v) is 27.4. The van der Waals surface area contributed by atoms with Gasteiger partial charge in [0.15, 0.2) is 17.5 Å². The van der Waals surface area contributed by atoms with Gasteiger partial charge in [-0.25, -0.2) is 19.3 Å². The first-order valence-electron chi connectivity index (χ1n) is 37.2. The number of anilines is 5. The normalized spacial score (nSPS) is 11.3. The fraction of sp³-hybridized carbons (Fsp3) is 0.354. The zero-order valence-electron chi connectivity index (χ0n) is 66.0. The fourth-order valence-corrected chi connectivity index (χ4v) is 11.9. The largest absolute Gasteiger partial charge is 0.627 e. The first kappa shape index (κ1) is 86.3. The second-order valence-electron chi connectivity index (χ2n) is 27.4. The number of aromatic nitrogens is 10. The second kappa shape index (κ2) is 40.7. The van der Waals surface area contributed by atoms with E-state index in [1.165, 1.54) is 73.5 Å². The van der Waals surface area contributed by atoms with Crippen LogP contribution in [0.1, 0.15) is 113 Å². The van der Waals surface area contributed by atoms with E-state index in [4.69, 9.17) is 33.2 Å². The Hall–Kier alpha value is -13.1. The molecule has 0 saturated heterocycles. The number of amides is 9. The molecule has 7 heterocycles. The number of nitrogens with zero attached hydrogens (tertiary/aromatic N) is 9. The molecule has 0 saturated carbocycles. The van der Waals surface area contributed by atoms with Crippen molar-refractivity contribution in [2.75, 3.05) is 125 Å². The molecule has 11 N–H and O–H groups in total. The van der Waals surface area contributed by atoms with Crippen LogP contribution in [-0.2, 0) is 78.9 Å². The lowest BCUT2D eigenvalue weighted by molar-refractivity contribution is -0.121. The van der Waals surface area contributed by atoms with Gasteiger partial charge in [0.2, 0.25) is 29.4 Å². The number of rotatable bonds is 43. The average molecular weight is 1620 g/mol. The molecule has 0 aliphatic heterocycles. The Kier molecular flexibility index (Phi) is 30.0. The third kappa shape index (κ3) is 24.5. The minimum atomic E-state index is -1.24. The number of aromatic amines is 1. The van der Waals surface area contributed by atoms with Crippen LogP contribution >= 0.6 is 0 Å². The molecule has 0 radical (unpaired) electrons. The number of H-pyrrole nitrogens is 1. The summed E-state index contributed by atoms with van der Waals surface area (Å²) in [7, 11) is 8.02. The maximum Gasteiger partial charge on any atom is 0.291 e. The van der Waals surface area contributed by atoms with Crippen molar-refractivity contribution in [3.8, 4) is 28.4 Å². The number of aryl methyl sites for hydroxylation is 7. The number of nitrogens with one attached hydrogen (secondary N) is 10. The van der Waals surface area contributed by atoms with Gasteiger partial charge in [-0.1, -0.05) is 6.07 Å². The van der Waals surface area contributed by atoms with Crippen LogP contribution in [-0.4, -0.2) is 200 Å². The van der Waals surface area contributed by atoms with Crippen LogP contribution in [0.25, 0.3) is 22.0 Å². The summed E-state index contributed by atoms with van der Waals surface area (Å²) in [6, 6.07) is 19.1. The summed E-state index contributed by atoms with van der Waals surface area (Å²) < 4.78 is 61.6. The zero-order valence-corrected chi connectivity index (χ0v) is 66.0. The number of pyridine rings is 1. The Balaban J connectivity index is 0.509. The summed E-state index contributed by atoms with van der Waals surface area (Å²) in [4.78, 5) is 149. The molecule has 0 aliphatic carbocycles. The first-order valence-corrected chi connectivity index (χ1v) is 37.2. The zero-order chi connectivity index (χ0) is 83.9. The Morgan fingerprint density at radius 2 is 1.00 bits per heavy atom. The Bertz CT molecular complexity index is 5250. The van der Waals surface area contributed by atoms with E-state index < -0.39 is 64.2 Å². The number of imidazole rings is 3. The SMILES string of the molecule is Cc1cc(F)cc(C)c1Oc1ccc(C(C)(C)O)cc1-c1c[n-]c(=O)c2[nH]c(C(=O)Nc3ccc(OCCOCCOCCOCCOCCOCCNC(=O)CCNC(=O)c4nc(NC(=O)CCNC(=O)c5cc(NC(=O)c6nc(NC(=O)CCNC(=O)c7cc(NC(=O)c8nccn8C)cn7C)cn6C)cn5C)cn4C)cc3)cc12. The number of aliphatic hydroxyl groups is 1. The topological polar surface area (TPSA) is 457 Å². The highest BCUT2D eigenvalue weighted by molar-refractivity contribution is 6.09. The van der Waals surface area contributed by atoms with E-state index in [1.807, 2.05) is 0 Å². The smallest absolute Gasteiger partial charge is 0.291 e. The molecule has 3 aromatic carbocycles. The Labute approximate surface area is 670 Å². The molecule has 0 unspecified atom stereocenters. The third-order valence-corrected chi connectivity index (χ3v) is 17.8. The fourth-order valence-electron chi connectivity index (χ4n) is 11.9. The van der Waals surface area contributed by atoms with Gasteiger partial charge in [-0.2, -0.15) is 6.20 Å². The molecule has 0 aliphatic rings. The van der Waals surface area contributed by atoms with Crippen molar-refractivity contribution in [1.82, 2.24) is 69.0 Å². The van der Waals surface area contributed by atoms with Crippen LogP contribution in [0.5, 0.6) is 17.2 Å². The molecular weight excluding hydrogens is 1520 g/mol. The molecule has 0 atom stereocenters. The summed E-state index contributed by atoms with van der Waals surface area (Å²) in [6.45, 7) is 10.4. The predicted octanol–water partition coefficient (Wildman–Crippen LogP) is 5.48. The van der Waals surface area contributed by atoms with Gasteiger partial charge < -0.3 is 124 Å². The Morgan fingerprint density at radius 3 is 1.53 bits per heavy atom. The van der Waals surface area contributed by atoms with Crippen LogP contribution in [0.2, 0.25) is 0 Å². The molecular formula is C79H93FN19O18-. The number of benzene rings is 3. The molecule has 0 spiro atoms. The van der Waals surface area contributed by atoms with Crippen LogP contribution in [0.15, 0.2) is 121 Å². The van der Waals surface area contributed by atoms with Crippen molar-refractivity contribution in [1.29, 1.82) is 0 Å². The molecule has 0 bridgehead atoms. The van der Waals surface area contributed by atoms with Gasteiger partial charge in [0.05, 0.1) is 88.6 Å². The number of hydrogen-bond acceptors (Lipinski definition) is 21.